The lowest BCUT2D eigenvalue weighted by Crippen LogP contribution is -2.21. The molecule has 3 N–H and O–H groups in total. The Kier molecular flexibility index (Phi) is 5.72. The van der Waals surface area contributed by atoms with E-state index in [0.717, 1.165) is 27.9 Å². The molecule has 0 saturated carbocycles. The van der Waals surface area contributed by atoms with Gasteiger partial charge in [-0.1, -0.05) is 47.5 Å². The summed E-state index contributed by atoms with van der Waals surface area (Å²) in [5.41, 5.74) is 5.52. The van der Waals surface area contributed by atoms with Gasteiger partial charge >= 0.3 is 5.97 Å². The van der Waals surface area contributed by atoms with Gasteiger partial charge < -0.3 is 15.7 Å². The van der Waals surface area contributed by atoms with E-state index < -0.39 is 5.97 Å². The molecule has 0 saturated heterocycles. The SMILES string of the molecule is O=C(O)c1ccc(Nc2ncc3c(n2)-c2ccc(Cl)cc2C(c2ccccc2Cl)NC3)cc1. The van der Waals surface area contributed by atoms with Crippen molar-refractivity contribution < 1.29 is 9.90 Å². The Morgan fingerprint density at radius 1 is 1.03 bits per heavy atom. The Balaban J connectivity index is 1.56. The Morgan fingerprint density at radius 2 is 1.82 bits per heavy atom. The molecule has 4 aromatic rings. The second-order valence-electron chi connectivity index (χ2n) is 7.64. The molecule has 0 amide bonds. The first-order valence-corrected chi connectivity index (χ1v) is 11.0. The average molecular weight is 477 g/mol. The van der Waals surface area contributed by atoms with Crippen molar-refractivity contribution in [3.8, 4) is 11.3 Å². The number of carboxylic acid groups (broad SMARTS) is 1. The molecule has 3 aromatic carbocycles. The minimum atomic E-state index is -0.973. The normalized spacial score (nSPS) is 14.7. The van der Waals surface area contributed by atoms with Crippen LogP contribution in [0, 0.1) is 0 Å². The van der Waals surface area contributed by atoms with Crippen LogP contribution in [0.15, 0.2) is 72.9 Å². The van der Waals surface area contributed by atoms with Crippen molar-refractivity contribution in [2.75, 3.05) is 5.32 Å². The van der Waals surface area contributed by atoms with Gasteiger partial charge in [-0.3, -0.25) is 0 Å². The van der Waals surface area contributed by atoms with Crippen molar-refractivity contribution in [2.45, 2.75) is 12.6 Å². The van der Waals surface area contributed by atoms with Crippen LogP contribution >= 0.6 is 23.2 Å². The molecule has 0 fully saturated rings. The van der Waals surface area contributed by atoms with E-state index in [1.54, 1.807) is 18.3 Å². The fourth-order valence-electron chi connectivity index (χ4n) is 3.95. The van der Waals surface area contributed by atoms with E-state index in [2.05, 4.69) is 15.6 Å². The van der Waals surface area contributed by atoms with Gasteiger partial charge in [-0.15, -0.1) is 0 Å². The molecule has 0 radical (unpaired) electrons. The Hall–Kier alpha value is -3.45. The number of anilines is 2. The van der Waals surface area contributed by atoms with E-state index in [9.17, 15) is 4.79 Å². The van der Waals surface area contributed by atoms with Crippen LogP contribution in [-0.2, 0) is 6.54 Å². The van der Waals surface area contributed by atoms with E-state index in [0.29, 0.717) is 28.2 Å². The molecule has 1 aromatic heterocycles. The van der Waals surface area contributed by atoms with E-state index >= 15 is 0 Å². The van der Waals surface area contributed by atoms with Crippen LogP contribution in [-0.4, -0.2) is 21.0 Å². The maximum atomic E-state index is 11.1. The molecule has 6 nitrogen and oxygen atoms in total. The Morgan fingerprint density at radius 3 is 2.58 bits per heavy atom. The van der Waals surface area contributed by atoms with Gasteiger partial charge in [0.05, 0.1) is 17.3 Å². The summed E-state index contributed by atoms with van der Waals surface area (Å²) in [6, 6.07) is 19.7. The van der Waals surface area contributed by atoms with Crippen molar-refractivity contribution in [1.82, 2.24) is 15.3 Å². The molecular weight excluding hydrogens is 459 g/mol. The third-order valence-electron chi connectivity index (χ3n) is 5.55. The summed E-state index contributed by atoms with van der Waals surface area (Å²) in [7, 11) is 0. The third kappa shape index (κ3) is 4.28. The van der Waals surface area contributed by atoms with Gasteiger partial charge in [-0.2, -0.15) is 0 Å². The largest absolute Gasteiger partial charge is 0.478 e. The summed E-state index contributed by atoms with van der Waals surface area (Å²) in [5, 5.41) is 17.1. The van der Waals surface area contributed by atoms with Crippen molar-refractivity contribution in [2.24, 2.45) is 0 Å². The highest BCUT2D eigenvalue weighted by Crippen LogP contribution is 2.39. The molecule has 1 atom stereocenters. The van der Waals surface area contributed by atoms with E-state index in [1.807, 2.05) is 42.5 Å². The lowest BCUT2D eigenvalue weighted by Gasteiger charge is -2.20. The number of halogens is 2. The molecule has 0 spiro atoms. The molecule has 0 bridgehead atoms. The summed E-state index contributed by atoms with van der Waals surface area (Å²) >= 11 is 12.9. The van der Waals surface area contributed by atoms with Crippen LogP contribution in [0.5, 0.6) is 0 Å². The highest BCUT2D eigenvalue weighted by atomic mass is 35.5. The van der Waals surface area contributed by atoms with Crippen molar-refractivity contribution in [1.29, 1.82) is 0 Å². The molecule has 8 heteroatoms. The van der Waals surface area contributed by atoms with Gasteiger partial charge in [0.15, 0.2) is 0 Å². The Labute approximate surface area is 200 Å². The zero-order chi connectivity index (χ0) is 22.9. The number of hydrogen-bond donors (Lipinski definition) is 3. The average Bonchev–Trinajstić information content (AvgIpc) is 2.96. The number of carboxylic acids is 1. The fraction of sp³-hybridized carbons (Fsp3) is 0.0800. The highest BCUT2D eigenvalue weighted by Gasteiger charge is 2.26. The smallest absolute Gasteiger partial charge is 0.335 e. The first-order valence-electron chi connectivity index (χ1n) is 10.2. The zero-order valence-corrected chi connectivity index (χ0v) is 18.7. The van der Waals surface area contributed by atoms with E-state index in [4.69, 9.17) is 33.3 Å². The van der Waals surface area contributed by atoms with Crippen LogP contribution in [0.25, 0.3) is 11.3 Å². The monoisotopic (exact) mass is 476 g/mol. The summed E-state index contributed by atoms with van der Waals surface area (Å²) in [5.74, 6) is -0.562. The van der Waals surface area contributed by atoms with Gasteiger partial charge in [0.25, 0.3) is 0 Å². The topological polar surface area (TPSA) is 87.1 Å². The summed E-state index contributed by atoms with van der Waals surface area (Å²) in [6.45, 7) is 0.547. The number of aromatic carboxylic acids is 1. The quantitative estimate of drug-likeness (QED) is 0.330. The maximum absolute atomic E-state index is 11.1. The standard InChI is InChI=1S/C25H18Cl2N4O2/c26-16-7-10-18-20(11-16)23(19-3-1-2-4-21(19)27)28-12-15-13-29-25(31-22(15)18)30-17-8-5-14(6-9-17)24(32)33/h1-11,13,23,28H,12H2,(H,32,33)(H,29,30,31). The number of fused-ring (bicyclic) bond motifs is 3. The van der Waals surface area contributed by atoms with Crippen LogP contribution in [0.4, 0.5) is 11.6 Å². The van der Waals surface area contributed by atoms with Gasteiger partial charge in [0, 0.05) is 39.6 Å². The van der Waals surface area contributed by atoms with Crippen LogP contribution in [0.3, 0.4) is 0 Å². The molecule has 1 aliphatic rings. The second-order valence-corrected chi connectivity index (χ2v) is 8.49. The van der Waals surface area contributed by atoms with E-state index in [1.165, 1.54) is 12.1 Å². The van der Waals surface area contributed by atoms with Gasteiger partial charge in [-0.05, 0) is 53.6 Å². The number of rotatable bonds is 4. The minimum absolute atomic E-state index is 0.165. The second kappa shape index (κ2) is 8.83. The van der Waals surface area contributed by atoms with Gasteiger partial charge in [-0.25, -0.2) is 14.8 Å². The van der Waals surface area contributed by atoms with Crippen molar-refractivity contribution in [3.63, 3.8) is 0 Å². The number of aromatic nitrogens is 2. The number of benzene rings is 3. The van der Waals surface area contributed by atoms with Crippen molar-refractivity contribution >= 4 is 40.8 Å². The molecule has 2 heterocycles. The predicted octanol–water partition coefficient (Wildman–Crippen LogP) is 6.08. The first kappa shape index (κ1) is 21.4. The fourth-order valence-corrected chi connectivity index (χ4v) is 4.38. The lowest BCUT2D eigenvalue weighted by molar-refractivity contribution is 0.0697. The minimum Gasteiger partial charge on any atom is -0.478 e. The summed E-state index contributed by atoms with van der Waals surface area (Å²) < 4.78 is 0. The van der Waals surface area contributed by atoms with Crippen LogP contribution < -0.4 is 10.6 Å². The van der Waals surface area contributed by atoms with Crippen molar-refractivity contribution in [3.05, 3.63) is 105 Å². The molecule has 0 aliphatic carbocycles. The molecule has 33 heavy (non-hydrogen) atoms. The molecule has 164 valence electrons. The number of nitrogens with zero attached hydrogens (tertiary/aromatic N) is 2. The van der Waals surface area contributed by atoms with Gasteiger partial charge in [0.2, 0.25) is 5.95 Å². The molecular formula is C25H18Cl2N4O2. The van der Waals surface area contributed by atoms with Gasteiger partial charge in [0.1, 0.15) is 0 Å². The number of nitrogens with one attached hydrogen (secondary N) is 2. The third-order valence-corrected chi connectivity index (χ3v) is 6.12. The van der Waals surface area contributed by atoms with Crippen LogP contribution in [0.1, 0.15) is 33.1 Å². The lowest BCUT2D eigenvalue weighted by atomic mass is 9.93. The predicted molar refractivity (Wildman–Crippen MR) is 129 cm³/mol. The molecule has 1 aliphatic heterocycles. The number of hydrogen-bond acceptors (Lipinski definition) is 5. The first-order chi connectivity index (χ1) is 16.0. The molecule has 1 unspecified atom stereocenters. The van der Waals surface area contributed by atoms with E-state index in [-0.39, 0.29) is 11.6 Å². The Bertz CT molecular complexity index is 1360. The highest BCUT2D eigenvalue weighted by molar-refractivity contribution is 6.31. The summed E-state index contributed by atoms with van der Waals surface area (Å²) in [4.78, 5) is 20.3. The van der Waals surface area contributed by atoms with Crippen LogP contribution in [0.2, 0.25) is 10.0 Å². The molecule has 5 rings (SSSR count). The zero-order valence-electron chi connectivity index (χ0n) is 17.2. The summed E-state index contributed by atoms with van der Waals surface area (Å²) in [6.07, 6.45) is 1.79. The maximum Gasteiger partial charge on any atom is 0.335 e. The number of carbonyl (C=O) groups is 1.